The first-order chi connectivity index (χ1) is 10.8. The number of sulfone groups is 1. The molecule has 2 aromatic heterocycles. The van der Waals surface area contributed by atoms with Gasteiger partial charge in [-0.15, -0.1) is 0 Å². The smallest absolute Gasteiger partial charge is 0.256 e. The van der Waals surface area contributed by atoms with Crippen molar-refractivity contribution in [3.63, 3.8) is 0 Å². The summed E-state index contributed by atoms with van der Waals surface area (Å²) >= 11 is 0. The van der Waals surface area contributed by atoms with Crippen molar-refractivity contribution in [3.8, 4) is 0 Å². The molecule has 1 aliphatic rings. The second kappa shape index (κ2) is 5.82. The largest absolute Gasteiger partial charge is 0.297 e. The summed E-state index contributed by atoms with van der Waals surface area (Å²) in [5.74, 6) is -0.405. The van der Waals surface area contributed by atoms with Crippen LogP contribution in [0.15, 0.2) is 28.4 Å². The second-order valence-electron chi connectivity index (χ2n) is 5.54. The number of nitrogens with zero attached hydrogens (tertiary/aromatic N) is 3. The average Bonchev–Trinajstić information content (AvgIpc) is 2.47. The molecule has 1 N–H and O–H groups in total. The minimum absolute atomic E-state index is 0.302. The van der Waals surface area contributed by atoms with Crippen LogP contribution in [-0.4, -0.2) is 41.1 Å². The number of aromatic amines is 1. The molecule has 0 bridgehead atoms. The Labute approximate surface area is 132 Å². The fraction of sp³-hybridized carbons (Fsp3) is 0.357. The monoisotopic (exact) mass is 338 g/mol. The number of hydrogen-bond acceptors (Lipinski definition) is 6. The minimum atomic E-state index is -3.56. The molecule has 0 saturated heterocycles. The van der Waals surface area contributed by atoms with Crippen LogP contribution < -0.4 is 5.56 Å². The molecular weight excluding hydrogens is 323 g/mol. The van der Waals surface area contributed by atoms with Crippen LogP contribution in [0.2, 0.25) is 0 Å². The molecule has 9 heteroatoms. The summed E-state index contributed by atoms with van der Waals surface area (Å²) < 4.78 is 36.2. The molecule has 0 radical (unpaired) electrons. The van der Waals surface area contributed by atoms with Crippen LogP contribution in [0.5, 0.6) is 0 Å². The predicted octanol–water partition coefficient (Wildman–Crippen LogP) is 0.266. The third-order valence-electron chi connectivity index (χ3n) is 3.64. The Kier molecular flexibility index (Phi) is 3.99. The number of hydrogen-bond donors (Lipinski definition) is 1. The first-order valence-electron chi connectivity index (χ1n) is 6.97. The van der Waals surface area contributed by atoms with Crippen LogP contribution in [0.3, 0.4) is 0 Å². The van der Waals surface area contributed by atoms with E-state index in [0.717, 1.165) is 12.5 Å². The van der Waals surface area contributed by atoms with E-state index in [4.69, 9.17) is 0 Å². The predicted molar refractivity (Wildman–Crippen MR) is 80.0 cm³/mol. The number of rotatable bonds is 3. The third-order valence-corrected chi connectivity index (χ3v) is 4.54. The molecule has 0 unspecified atom stereocenters. The molecular formula is C14H15FN4O3S. The lowest BCUT2D eigenvalue weighted by atomic mass is 10.1. The summed E-state index contributed by atoms with van der Waals surface area (Å²) in [5, 5.41) is -0.302. The van der Waals surface area contributed by atoms with Crippen molar-refractivity contribution < 1.29 is 12.8 Å². The maximum absolute atomic E-state index is 13.2. The van der Waals surface area contributed by atoms with Crippen molar-refractivity contribution in [2.45, 2.75) is 24.7 Å². The molecule has 122 valence electrons. The topological polar surface area (TPSA) is 96.0 Å². The van der Waals surface area contributed by atoms with Gasteiger partial charge in [0.1, 0.15) is 5.82 Å². The lowest BCUT2D eigenvalue weighted by molar-refractivity contribution is 0.240. The van der Waals surface area contributed by atoms with Crippen molar-refractivity contribution in [3.05, 3.63) is 51.5 Å². The molecule has 0 aromatic carbocycles. The lowest BCUT2D eigenvalue weighted by Gasteiger charge is -2.27. The van der Waals surface area contributed by atoms with E-state index in [1.165, 1.54) is 6.07 Å². The summed E-state index contributed by atoms with van der Waals surface area (Å²) in [6, 6.07) is 1.40. The zero-order chi connectivity index (χ0) is 16.6. The SMILES string of the molecule is CS(=O)(=O)c1nc2c(c(=O)[nH]1)CN(Cc1cncc(F)c1)CC2. The number of fused-ring (bicyclic) bond motifs is 1. The van der Waals surface area contributed by atoms with E-state index < -0.39 is 21.2 Å². The second-order valence-corrected chi connectivity index (χ2v) is 7.47. The van der Waals surface area contributed by atoms with Gasteiger partial charge in [0.25, 0.3) is 5.56 Å². The van der Waals surface area contributed by atoms with Gasteiger partial charge in [0.05, 0.1) is 17.5 Å². The van der Waals surface area contributed by atoms with Gasteiger partial charge < -0.3 is 0 Å². The van der Waals surface area contributed by atoms with Crippen LogP contribution in [0.25, 0.3) is 0 Å². The van der Waals surface area contributed by atoms with E-state index in [1.807, 2.05) is 4.90 Å². The van der Waals surface area contributed by atoms with Crippen LogP contribution >= 0.6 is 0 Å². The van der Waals surface area contributed by atoms with Gasteiger partial charge in [-0.3, -0.25) is 19.7 Å². The van der Waals surface area contributed by atoms with Crippen LogP contribution in [-0.2, 0) is 29.3 Å². The Morgan fingerprint density at radius 1 is 1.39 bits per heavy atom. The van der Waals surface area contributed by atoms with Gasteiger partial charge in [0.2, 0.25) is 15.0 Å². The average molecular weight is 338 g/mol. The number of nitrogens with one attached hydrogen (secondary N) is 1. The molecule has 3 heterocycles. The molecule has 23 heavy (non-hydrogen) atoms. The molecule has 3 rings (SSSR count). The van der Waals surface area contributed by atoms with Gasteiger partial charge in [0, 0.05) is 38.5 Å². The third kappa shape index (κ3) is 3.45. The van der Waals surface area contributed by atoms with E-state index in [2.05, 4.69) is 15.0 Å². The fourth-order valence-corrected chi connectivity index (χ4v) is 3.12. The molecule has 0 spiro atoms. The van der Waals surface area contributed by atoms with Crippen molar-refractivity contribution in [1.82, 2.24) is 19.9 Å². The van der Waals surface area contributed by atoms with E-state index in [9.17, 15) is 17.6 Å². The van der Waals surface area contributed by atoms with Crippen molar-refractivity contribution >= 4 is 9.84 Å². The van der Waals surface area contributed by atoms with Gasteiger partial charge in [-0.25, -0.2) is 17.8 Å². The van der Waals surface area contributed by atoms with Gasteiger partial charge >= 0.3 is 0 Å². The first-order valence-corrected chi connectivity index (χ1v) is 8.86. The minimum Gasteiger partial charge on any atom is -0.297 e. The maximum Gasteiger partial charge on any atom is 0.256 e. The molecule has 2 aromatic rings. The molecule has 0 atom stereocenters. The highest BCUT2D eigenvalue weighted by molar-refractivity contribution is 7.90. The Balaban J connectivity index is 1.85. The summed E-state index contributed by atoms with van der Waals surface area (Å²) in [7, 11) is -3.56. The Morgan fingerprint density at radius 3 is 2.87 bits per heavy atom. The van der Waals surface area contributed by atoms with Crippen molar-refractivity contribution in [2.24, 2.45) is 0 Å². The molecule has 0 aliphatic carbocycles. The summed E-state index contributed by atoms with van der Waals surface area (Å²) in [5.41, 5.74) is 1.22. The molecule has 0 fully saturated rings. The number of H-pyrrole nitrogens is 1. The van der Waals surface area contributed by atoms with Gasteiger partial charge in [0.15, 0.2) is 0 Å². The maximum atomic E-state index is 13.2. The zero-order valence-electron chi connectivity index (χ0n) is 12.4. The van der Waals surface area contributed by atoms with Gasteiger partial charge in [-0.05, 0) is 11.6 Å². The fourth-order valence-electron chi connectivity index (χ4n) is 2.57. The van der Waals surface area contributed by atoms with E-state index in [-0.39, 0.29) is 5.16 Å². The highest BCUT2D eigenvalue weighted by Crippen LogP contribution is 2.17. The van der Waals surface area contributed by atoms with Crippen LogP contribution in [0, 0.1) is 5.82 Å². The van der Waals surface area contributed by atoms with E-state index in [0.29, 0.717) is 42.9 Å². The summed E-state index contributed by atoms with van der Waals surface area (Å²) in [6.07, 6.45) is 4.18. The zero-order valence-corrected chi connectivity index (χ0v) is 13.2. The molecule has 0 saturated carbocycles. The van der Waals surface area contributed by atoms with E-state index in [1.54, 1.807) is 6.20 Å². The number of halogens is 1. The first kappa shape index (κ1) is 15.8. The standard InChI is InChI=1S/C14H15FN4O3S/c1-23(21,22)14-17-12-2-3-19(8-11(12)13(20)18-14)7-9-4-10(15)6-16-5-9/h4-6H,2-3,7-8H2,1H3,(H,17,18,20). The Morgan fingerprint density at radius 2 is 2.17 bits per heavy atom. The van der Waals surface area contributed by atoms with Crippen LogP contribution in [0.1, 0.15) is 16.8 Å². The normalized spacial score (nSPS) is 15.4. The van der Waals surface area contributed by atoms with Crippen molar-refractivity contribution in [1.29, 1.82) is 0 Å². The highest BCUT2D eigenvalue weighted by Gasteiger charge is 2.23. The Bertz CT molecular complexity index is 910. The van der Waals surface area contributed by atoms with Gasteiger partial charge in [-0.1, -0.05) is 0 Å². The molecule has 1 aliphatic heterocycles. The number of aromatic nitrogens is 3. The summed E-state index contributed by atoms with van der Waals surface area (Å²) in [4.78, 5) is 24.3. The van der Waals surface area contributed by atoms with Gasteiger partial charge in [-0.2, -0.15) is 0 Å². The van der Waals surface area contributed by atoms with Crippen LogP contribution in [0.4, 0.5) is 4.39 Å². The highest BCUT2D eigenvalue weighted by atomic mass is 32.2. The molecule has 0 amide bonds. The number of pyridine rings is 1. The van der Waals surface area contributed by atoms with Crippen molar-refractivity contribution in [2.75, 3.05) is 12.8 Å². The quantitative estimate of drug-likeness (QED) is 0.807. The summed E-state index contributed by atoms with van der Waals surface area (Å²) in [6.45, 7) is 1.39. The van der Waals surface area contributed by atoms with E-state index >= 15 is 0 Å². The molecule has 7 nitrogen and oxygen atoms in total. The Hall–Kier alpha value is -2.13. The lowest BCUT2D eigenvalue weighted by Crippen LogP contribution is -2.36.